The van der Waals surface area contributed by atoms with Crippen molar-refractivity contribution in [1.29, 1.82) is 0 Å². The molecule has 6 nitrogen and oxygen atoms in total. The highest BCUT2D eigenvalue weighted by atomic mass is 16.5. The van der Waals surface area contributed by atoms with Crippen LogP contribution in [0.2, 0.25) is 0 Å². The molecule has 0 aromatic heterocycles. The molecule has 0 heterocycles. The molecule has 5 rings (SSSR count). The van der Waals surface area contributed by atoms with Crippen LogP contribution < -0.4 is 9.47 Å². The lowest BCUT2D eigenvalue weighted by molar-refractivity contribution is -0.145. The second-order valence-corrected chi connectivity index (χ2v) is 10.4. The minimum absolute atomic E-state index is 0.286. The van der Waals surface area contributed by atoms with Crippen molar-refractivity contribution in [3.63, 3.8) is 0 Å². The number of nitrogens with zero attached hydrogens (tertiary/aromatic N) is 1. The molecule has 0 aliphatic carbocycles. The van der Waals surface area contributed by atoms with Gasteiger partial charge < -0.3 is 14.2 Å². The third kappa shape index (κ3) is 8.21. The van der Waals surface area contributed by atoms with Crippen LogP contribution in [-0.2, 0) is 35.8 Å². The van der Waals surface area contributed by atoms with Crippen molar-refractivity contribution < 1.29 is 23.8 Å². The SMILES string of the molecule is COC(=O)C(C(=O)c1ccc(OCc2ccccc2)c(OCc2ccccc2)c1)N(Cc1ccccc1)Cc1ccccc1. The number of hydrogen-bond donors (Lipinski definition) is 0. The molecule has 0 aliphatic heterocycles. The summed E-state index contributed by atoms with van der Waals surface area (Å²) in [4.78, 5) is 29.4. The fourth-order valence-electron chi connectivity index (χ4n) is 4.93. The summed E-state index contributed by atoms with van der Waals surface area (Å²) in [5, 5.41) is 0. The van der Waals surface area contributed by atoms with Gasteiger partial charge in [0.15, 0.2) is 23.3 Å². The Morgan fingerprint density at radius 1 is 0.568 bits per heavy atom. The minimum Gasteiger partial charge on any atom is -0.485 e. The van der Waals surface area contributed by atoms with Crippen LogP contribution in [0, 0.1) is 0 Å². The Bertz CT molecular complexity index is 1580. The summed E-state index contributed by atoms with van der Waals surface area (Å²) in [6.07, 6.45) is 0. The maximum Gasteiger partial charge on any atom is 0.331 e. The van der Waals surface area contributed by atoms with Crippen LogP contribution in [0.25, 0.3) is 0 Å². The smallest absolute Gasteiger partial charge is 0.331 e. The molecular formula is C38H35NO5. The van der Waals surface area contributed by atoms with Gasteiger partial charge in [0.25, 0.3) is 0 Å². The van der Waals surface area contributed by atoms with E-state index in [9.17, 15) is 9.59 Å². The molecule has 0 spiro atoms. The Hall–Kier alpha value is -5.20. The number of rotatable bonds is 14. The van der Waals surface area contributed by atoms with E-state index >= 15 is 0 Å². The molecule has 0 amide bonds. The molecule has 0 radical (unpaired) electrons. The van der Waals surface area contributed by atoms with Gasteiger partial charge >= 0.3 is 5.97 Å². The molecule has 0 bridgehead atoms. The number of esters is 1. The van der Waals surface area contributed by atoms with E-state index in [0.29, 0.717) is 36.8 Å². The van der Waals surface area contributed by atoms with Gasteiger partial charge in [-0.05, 0) is 40.5 Å². The van der Waals surface area contributed by atoms with E-state index in [1.165, 1.54) is 7.11 Å². The van der Waals surface area contributed by atoms with Gasteiger partial charge in [-0.15, -0.1) is 0 Å². The number of ether oxygens (including phenoxy) is 3. The second-order valence-electron chi connectivity index (χ2n) is 10.4. The molecule has 44 heavy (non-hydrogen) atoms. The van der Waals surface area contributed by atoms with Crippen molar-refractivity contribution in [3.8, 4) is 11.5 Å². The van der Waals surface area contributed by atoms with Gasteiger partial charge in [-0.3, -0.25) is 9.69 Å². The van der Waals surface area contributed by atoms with Gasteiger partial charge in [0.1, 0.15) is 13.2 Å². The van der Waals surface area contributed by atoms with Gasteiger partial charge in [0, 0.05) is 18.7 Å². The van der Waals surface area contributed by atoms with Crippen LogP contribution in [0.4, 0.5) is 0 Å². The molecule has 6 heteroatoms. The Kier molecular flexibility index (Phi) is 10.5. The summed E-state index contributed by atoms with van der Waals surface area (Å²) in [7, 11) is 1.31. The molecule has 0 N–H and O–H groups in total. The van der Waals surface area contributed by atoms with Crippen molar-refractivity contribution in [3.05, 3.63) is 167 Å². The lowest BCUT2D eigenvalue weighted by atomic mass is 10.0. The molecule has 0 aliphatic rings. The lowest BCUT2D eigenvalue weighted by Crippen LogP contribution is -2.46. The number of carbonyl (C=O) groups is 2. The van der Waals surface area contributed by atoms with Crippen LogP contribution in [0.15, 0.2) is 140 Å². The average molecular weight is 586 g/mol. The normalized spacial score (nSPS) is 11.5. The van der Waals surface area contributed by atoms with E-state index in [-0.39, 0.29) is 12.4 Å². The third-order valence-electron chi connectivity index (χ3n) is 7.20. The third-order valence-corrected chi connectivity index (χ3v) is 7.20. The van der Waals surface area contributed by atoms with E-state index in [0.717, 1.165) is 22.3 Å². The first-order valence-electron chi connectivity index (χ1n) is 14.5. The Labute approximate surface area is 258 Å². The number of hydrogen-bond acceptors (Lipinski definition) is 6. The predicted molar refractivity (Wildman–Crippen MR) is 170 cm³/mol. The standard InChI is InChI=1S/C38H35NO5/c1-42-38(41)36(39(25-29-14-6-2-7-15-29)26-30-16-8-3-9-17-30)37(40)33-22-23-34(43-27-31-18-10-4-11-19-31)35(24-33)44-28-32-20-12-5-13-21-32/h2-24,36H,25-28H2,1H3. The number of methoxy groups -OCH3 is 1. The van der Waals surface area contributed by atoms with E-state index in [4.69, 9.17) is 14.2 Å². The summed E-state index contributed by atoms with van der Waals surface area (Å²) < 4.78 is 17.6. The first-order chi connectivity index (χ1) is 21.6. The second kappa shape index (κ2) is 15.3. The largest absolute Gasteiger partial charge is 0.485 e. The van der Waals surface area contributed by atoms with E-state index < -0.39 is 12.0 Å². The number of ketones is 1. The molecule has 5 aromatic rings. The summed E-state index contributed by atoms with van der Waals surface area (Å²) in [6, 6.07) is 43.0. The Morgan fingerprint density at radius 3 is 1.45 bits per heavy atom. The monoisotopic (exact) mass is 585 g/mol. The lowest BCUT2D eigenvalue weighted by Gasteiger charge is -2.29. The van der Waals surface area contributed by atoms with Crippen molar-refractivity contribution in [2.45, 2.75) is 32.3 Å². The van der Waals surface area contributed by atoms with Gasteiger partial charge in [-0.1, -0.05) is 121 Å². The number of Topliss-reactive ketones (excluding diaryl/α,β-unsaturated/α-hetero) is 1. The highest BCUT2D eigenvalue weighted by molar-refractivity contribution is 6.12. The molecule has 0 fully saturated rings. The topological polar surface area (TPSA) is 65.1 Å². The van der Waals surface area contributed by atoms with Crippen molar-refractivity contribution >= 4 is 11.8 Å². The summed E-state index contributed by atoms with van der Waals surface area (Å²) in [6.45, 7) is 1.37. The maximum atomic E-state index is 14.2. The van der Waals surface area contributed by atoms with Gasteiger partial charge in [0.2, 0.25) is 0 Å². The molecule has 1 unspecified atom stereocenters. The van der Waals surface area contributed by atoms with Crippen molar-refractivity contribution in [2.24, 2.45) is 0 Å². The average Bonchev–Trinajstić information content (AvgIpc) is 3.08. The Morgan fingerprint density at radius 2 is 1.00 bits per heavy atom. The summed E-state index contributed by atoms with van der Waals surface area (Å²) in [5.74, 6) is -0.0980. The van der Waals surface area contributed by atoms with Crippen LogP contribution in [-0.4, -0.2) is 29.8 Å². The van der Waals surface area contributed by atoms with E-state index in [2.05, 4.69) is 0 Å². The predicted octanol–water partition coefficient (Wildman–Crippen LogP) is 7.27. The molecule has 1 atom stereocenters. The minimum atomic E-state index is -1.18. The fraction of sp³-hybridized carbons (Fsp3) is 0.158. The van der Waals surface area contributed by atoms with Crippen molar-refractivity contribution in [2.75, 3.05) is 7.11 Å². The zero-order chi connectivity index (χ0) is 30.6. The number of benzene rings is 5. The zero-order valence-electron chi connectivity index (χ0n) is 24.7. The van der Waals surface area contributed by atoms with Crippen LogP contribution >= 0.6 is 0 Å². The molecule has 222 valence electrons. The first kappa shape index (κ1) is 30.3. The first-order valence-corrected chi connectivity index (χ1v) is 14.5. The van der Waals surface area contributed by atoms with Crippen LogP contribution in [0.5, 0.6) is 11.5 Å². The van der Waals surface area contributed by atoms with Crippen LogP contribution in [0.3, 0.4) is 0 Å². The number of carbonyl (C=O) groups excluding carboxylic acids is 2. The van der Waals surface area contributed by atoms with Gasteiger partial charge in [0.05, 0.1) is 7.11 Å². The molecular weight excluding hydrogens is 550 g/mol. The van der Waals surface area contributed by atoms with Crippen molar-refractivity contribution in [1.82, 2.24) is 4.90 Å². The summed E-state index contributed by atoms with van der Waals surface area (Å²) in [5.41, 5.74) is 4.25. The zero-order valence-corrected chi connectivity index (χ0v) is 24.7. The summed E-state index contributed by atoms with van der Waals surface area (Å²) >= 11 is 0. The fourth-order valence-corrected chi connectivity index (χ4v) is 4.93. The quantitative estimate of drug-likeness (QED) is 0.0776. The van der Waals surface area contributed by atoms with E-state index in [1.807, 2.05) is 126 Å². The molecule has 5 aromatic carbocycles. The molecule has 0 saturated carbocycles. The molecule has 0 saturated heterocycles. The van der Waals surface area contributed by atoms with Gasteiger partial charge in [-0.25, -0.2) is 4.79 Å². The Balaban J connectivity index is 1.47. The van der Waals surface area contributed by atoms with Crippen LogP contribution in [0.1, 0.15) is 32.6 Å². The highest BCUT2D eigenvalue weighted by Gasteiger charge is 2.35. The van der Waals surface area contributed by atoms with Gasteiger partial charge in [-0.2, -0.15) is 0 Å². The maximum absolute atomic E-state index is 14.2. The highest BCUT2D eigenvalue weighted by Crippen LogP contribution is 2.31. The van der Waals surface area contributed by atoms with E-state index in [1.54, 1.807) is 18.2 Å².